The fourth-order valence-electron chi connectivity index (χ4n) is 4.04. The Morgan fingerprint density at radius 1 is 1.03 bits per heavy atom. The fraction of sp³-hybridized carbons (Fsp3) is 0.276. The van der Waals surface area contributed by atoms with Crippen LogP contribution in [0.25, 0.3) is 22.3 Å². The zero-order chi connectivity index (χ0) is 26.0. The molecule has 0 saturated carbocycles. The van der Waals surface area contributed by atoms with E-state index < -0.39 is 0 Å². The molecule has 0 aliphatic heterocycles. The van der Waals surface area contributed by atoms with Gasteiger partial charge in [-0.2, -0.15) is 9.78 Å². The van der Waals surface area contributed by atoms with Crippen LogP contribution in [0.1, 0.15) is 50.3 Å². The van der Waals surface area contributed by atoms with Gasteiger partial charge in [0.05, 0.1) is 35.4 Å². The molecule has 0 aliphatic carbocycles. The molecule has 3 aromatic carbocycles. The zero-order valence-electron chi connectivity index (χ0n) is 21.4. The number of para-hydroxylation sites is 1. The van der Waals surface area contributed by atoms with Crippen molar-refractivity contribution in [3.8, 4) is 22.9 Å². The van der Waals surface area contributed by atoms with Gasteiger partial charge in [0.2, 0.25) is 0 Å². The van der Waals surface area contributed by atoms with Crippen molar-refractivity contribution < 1.29 is 9.47 Å². The highest BCUT2D eigenvalue weighted by molar-refractivity contribution is 6.32. The Bertz CT molecular complexity index is 1510. The maximum Gasteiger partial charge on any atom is 0.282 e. The van der Waals surface area contributed by atoms with E-state index in [1.54, 1.807) is 31.5 Å². The number of hydrogen-bond donors (Lipinski definition) is 0. The number of aryl methyl sites for hydroxylation is 1. The fourth-order valence-corrected chi connectivity index (χ4v) is 4.28. The first kappa shape index (κ1) is 25.5. The molecule has 0 spiro atoms. The molecule has 0 unspecified atom stereocenters. The second-order valence-corrected chi connectivity index (χ2v) is 9.64. The third kappa shape index (κ3) is 5.14. The smallest absolute Gasteiger partial charge is 0.282 e. The Hall–Kier alpha value is -3.64. The summed E-state index contributed by atoms with van der Waals surface area (Å²) in [6.45, 7) is 10.1. The van der Waals surface area contributed by atoms with Gasteiger partial charge in [-0.05, 0) is 85.8 Å². The van der Waals surface area contributed by atoms with Gasteiger partial charge < -0.3 is 9.47 Å². The minimum absolute atomic E-state index is 0.00953. The molecule has 0 N–H and O–H groups in total. The molecule has 0 fully saturated rings. The number of aromatic nitrogens is 2. The van der Waals surface area contributed by atoms with E-state index in [0.717, 1.165) is 28.0 Å². The van der Waals surface area contributed by atoms with E-state index in [1.165, 1.54) is 4.68 Å². The second kappa shape index (κ2) is 10.5. The van der Waals surface area contributed by atoms with Crippen molar-refractivity contribution in [2.75, 3.05) is 7.11 Å². The Kier molecular flexibility index (Phi) is 7.45. The molecule has 0 amide bonds. The number of fused-ring (bicyclic) bond motifs is 1. The standard InChI is InChI=1S/C29H30ClN3O3/c1-17(2)22-15-23(19(5)13-27(22)35-6)28-32-25-10-8-7-9-21(25)29(34)33(28)31-16-20-11-12-26(24(30)14-20)36-18(3)4/h7-18H,1-6H3. The van der Waals surface area contributed by atoms with Crippen LogP contribution in [-0.2, 0) is 0 Å². The monoisotopic (exact) mass is 503 g/mol. The molecule has 1 aromatic heterocycles. The Morgan fingerprint density at radius 2 is 1.78 bits per heavy atom. The second-order valence-electron chi connectivity index (χ2n) is 9.23. The van der Waals surface area contributed by atoms with Gasteiger partial charge in [0.15, 0.2) is 5.82 Å². The molecule has 7 heteroatoms. The highest BCUT2D eigenvalue weighted by Gasteiger charge is 2.18. The molecular formula is C29H30ClN3O3. The summed E-state index contributed by atoms with van der Waals surface area (Å²) in [5.41, 5.74) is 3.88. The molecule has 0 atom stereocenters. The van der Waals surface area contributed by atoms with Gasteiger partial charge in [-0.1, -0.05) is 37.6 Å². The Morgan fingerprint density at radius 3 is 2.44 bits per heavy atom. The van der Waals surface area contributed by atoms with Crippen LogP contribution in [0.4, 0.5) is 0 Å². The zero-order valence-corrected chi connectivity index (χ0v) is 22.1. The van der Waals surface area contributed by atoms with Crippen LogP contribution in [0.15, 0.2) is 64.5 Å². The first-order valence-electron chi connectivity index (χ1n) is 11.9. The van der Waals surface area contributed by atoms with Crippen LogP contribution in [-0.4, -0.2) is 29.1 Å². The van der Waals surface area contributed by atoms with Gasteiger partial charge in [0.1, 0.15) is 11.5 Å². The summed E-state index contributed by atoms with van der Waals surface area (Å²) >= 11 is 6.41. The van der Waals surface area contributed by atoms with Gasteiger partial charge >= 0.3 is 0 Å². The molecule has 1 heterocycles. The van der Waals surface area contributed by atoms with Crippen LogP contribution < -0.4 is 15.0 Å². The van der Waals surface area contributed by atoms with E-state index in [9.17, 15) is 4.79 Å². The van der Waals surface area contributed by atoms with Crippen LogP contribution in [0.2, 0.25) is 5.02 Å². The lowest BCUT2D eigenvalue weighted by molar-refractivity contribution is 0.242. The van der Waals surface area contributed by atoms with E-state index in [1.807, 2.05) is 57.2 Å². The SMILES string of the molecule is COc1cc(C)c(-c2nc3ccccc3c(=O)n2N=Cc2ccc(OC(C)C)c(Cl)c2)cc1C(C)C. The number of nitrogens with zero attached hydrogens (tertiary/aromatic N) is 3. The largest absolute Gasteiger partial charge is 0.496 e. The maximum atomic E-state index is 13.6. The summed E-state index contributed by atoms with van der Waals surface area (Å²) in [5.74, 6) is 2.09. The van der Waals surface area contributed by atoms with Crippen molar-refractivity contribution in [3.63, 3.8) is 0 Å². The van der Waals surface area contributed by atoms with Gasteiger partial charge in [-0.3, -0.25) is 4.79 Å². The van der Waals surface area contributed by atoms with E-state index in [2.05, 4.69) is 18.9 Å². The average molecular weight is 504 g/mol. The lowest BCUT2D eigenvalue weighted by Gasteiger charge is -2.17. The van der Waals surface area contributed by atoms with Gasteiger partial charge in [-0.25, -0.2) is 4.98 Å². The molecule has 186 valence electrons. The quantitative estimate of drug-likeness (QED) is 0.259. The minimum atomic E-state index is -0.251. The molecule has 0 radical (unpaired) electrons. The van der Waals surface area contributed by atoms with Crippen molar-refractivity contribution in [2.24, 2.45) is 5.10 Å². The third-order valence-electron chi connectivity index (χ3n) is 5.83. The van der Waals surface area contributed by atoms with E-state index in [4.69, 9.17) is 26.1 Å². The van der Waals surface area contributed by atoms with Crippen molar-refractivity contribution in [1.82, 2.24) is 9.66 Å². The molecule has 36 heavy (non-hydrogen) atoms. The average Bonchev–Trinajstić information content (AvgIpc) is 2.84. The molecule has 6 nitrogen and oxygen atoms in total. The number of methoxy groups -OCH3 is 1. The summed E-state index contributed by atoms with van der Waals surface area (Å²) < 4.78 is 12.7. The van der Waals surface area contributed by atoms with Crippen molar-refractivity contribution in [2.45, 2.75) is 46.6 Å². The van der Waals surface area contributed by atoms with Gasteiger partial charge in [-0.15, -0.1) is 0 Å². The molecule has 0 aliphatic rings. The number of rotatable bonds is 7. The molecule has 4 aromatic rings. The van der Waals surface area contributed by atoms with E-state index >= 15 is 0 Å². The number of ether oxygens (including phenoxy) is 2. The normalized spacial score (nSPS) is 11.7. The van der Waals surface area contributed by atoms with E-state index in [-0.39, 0.29) is 17.6 Å². The van der Waals surface area contributed by atoms with Gasteiger partial charge in [0.25, 0.3) is 5.56 Å². The minimum Gasteiger partial charge on any atom is -0.496 e. The summed E-state index contributed by atoms with van der Waals surface area (Å²) in [5, 5.41) is 5.55. The van der Waals surface area contributed by atoms with Crippen molar-refractivity contribution in [1.29, 1.82) is 0 Å². The van der Waals surface area contributed by atoms with Crippen LogP contribution in [0.5, 0.6) is 11.5 Å². The topological polar surface area (TPSA) is 65.7 Å². The molecule has 4 rings (SSSR count). The molecule has 0 saturated heterocycles. The number of halogens is 1. The first-order valence-corrected chi connectivity index (χ1v) is 12.3. The molecular weight excluding hydrogens is 474 g/mol. The number of benzene rings is 3. The summed E-state index contributed by atoms with van der Waals surface area (Å²) in [4.78, 5) is 18.4. The van der Waals surface area contributed by atoms with Crippen LogP contribution in [0.3, 0.4) is 0 Å². The highest BCUT2D eigenvalue weighted by Crippen LogP contribution is 2.34. The van der Waals surface area contributed by atoms with Crippen molar-refractivity contribution in [3.05, 3.63) is 86.7 Å². The Balaban J connectivity index is 1.90. The predicted molar refractivity (Wildman–Crippen MR) is 147 cm³/mol. The maximum absolute atomic E-state index is 13.6. The van der Waals surface area contributed by atoms with Crippen molar-refractivity contribution >= 4 is 28.7 Å². The van der Waals surface area contributed by atoms with Gasteiger partial charge in [0, 0.05) is 5.56 Å². The van der Waals surface area contributed by atoms with Crippen LogP contribution in [0, 0.1) is 6.92 Å². The van der Waals surface area contributed by atoms with E-state index in [0.29, 0.717) is 27.5 Å². The number of hydrogen-bond acceptors (Lipinski definition) is 5. The Labute approximate surface area is 216 Å². The summed E-state index contributed by atoms with van der Waals surface area (Å²) in [6.07, 6.45) is 1.62. The lowest BCUT2D eigenvalue weighted by atomic mass is 9.96. The van der Waals surface area contributed by atoms with Crippen LogP contribution >= 0.6 is 11.6 Å². The lowest BCUT2D eigenvalue weighted by Crippen LogP contribution is -2.20. The summed E-state index contributed by atoms with van der Waals surface area (Å²) in [7, 11) is 1.66. The summed E-state index contributed by atoms with van der Waals surface area (Å²) in [6, 6.07) is 16.7. The first-order chi connectivity index (χ1) is 17.2. The third-order valence-corrected chi connectivity index (χ3v) is 6.13. The highest BCUT2D eigenvalue weighted by atomic mass is 35.5. The molecule has 0 bridgehead atoms. The predicted octanol–water partition coefficient (Wildman–Crippen LogP) is 6.83.